The Morgan fingerprint density at radius 2 is 1.85 bits per heavy atom. The number of aromatic nitrogens is 1. The third kappa shape index (κ3) is 2.82. The molecule has 26 heavy (non-hydrogen) atoms. The minimum atomic E-state index is -0.927. The highest BCUT2D eigenvalue weighted by Gasteiger charge is 2.51. The number of carboxylic acid groups (broad SMARTS) is 1. The highest BCUT2D eigenvalue weighted by atomic mass is 32.1. The molecule has 2 bridgehead atoms. The van der Waals surface area contributed by atoms with Gasteiger partial charge in [0.05, 0.1) is 17.5 Å². The molecule has 134 valence electrons. The van der Waals surface area contributed by atoms with E-state index in [0.29, 0.717) is 17.2 Å². The van der Waals surface area contributed by atoms with Crippen LogP contribution in [0.25, 0.3) is 11.3 Å². The van der Waals surface area contributed by atoms with Crippen LogP contribution in [0.1, 0.15) is 11.3 Å². The topological polar surface area (TPSA) is 79.3 Å². The molecule has 2 aromatic rings. The van der Waals surface area contributed by atoms with Crippen LogP contribution in [0.5, 0.6) is 0 Å². The molecule has 2 aliphatic carbocycles. The number of nitrogens with one attached hydrogen (secondary N) is 1. The summed E-state index contributed by atoms with van der Waals surface area (Å²) in [5, 5.41) is 12.7. The first-order valence-corrected chi connectivity index (χ1v) is 9.21. The van der Waals surface area contributed by atoms with Crippen molar-refractivity contribution in [3.05, 3.63) is 47.1 Å². The number of allylic oxidation sites excluding steroid dienone is 2. The standard InChI is InChI=1S/C19H17FN2O3S/c1-9-16(10-4-6-13(20)7-5-10)21-19(26-9)22-17(23)14-11-2-3-12(8-11)15(14)18(24)25/h2-7,11-12,14-15H,8H2,1H3,(H,24,25)(H,21,22,23)/t11-,12-,14+,15-/m0/s1. The average molecular weight is 372 g/mol. The first-order chi connectivity index (χ1) is 12.4. The SMILES string of the molecule is Cc1sc(NC(=O)[C@H]2[C@@H](C(=O)O)[C@H]3C=C[C@H]2C3)nc1-c1ccc(F)cc1. The number of anilines is 1. The van der Waals surface area contributed by atoms with Crippen LogP contribution in [0.15, 0.2) is 36.4 Å². The summed E-state index contributed by atoms with van der Waals surface area (Å²) in [7, 11) is 0. The van der Waals surface area contributed by atoms with Gasteiger partial charge >= 0.3 is 5.97 Å². The summed E-state index contributed by atoms with van der Waals surface area (Å²) >= 11 is 1.33. The van der Waals surface area contributed by atoms with Crippen LogP contribution in [0.2, 0.25) is 0 Å². The monoisotopic (exact) mass is 372 g/mol. The molecular weight excluding hydrogens is 355 g/mol. The van der Waals surface area contributed by atoms with Gasteiger partial charge in [0.15, 0.2) is 5.13 Å². The Labute approximate surface area is 153 Å². The maximum Gasteiger partial charge on any atom is 0.307 e. The molecule has 0 aliphatic heterocycles. The quantitative estimate of drug-likeness (QED) is 0.802. The van der Waals surface area contributed by atoms with Gasteiger partial charge in [-0.05, 0) is 49.4 Å². The van der Waals surface area contributed by atoms with Crippen molar-refractivity contribution >= 4 is 28.3 Å². The fraction of sp³-hybridized carbons (Fsp3) is 0.316. The van der Waals surface area contributed by atoms with Gasteiger partial charge in [-0.3, -0.25) is 9.59 Å². The number of carbonyl (C=O) groups is 2. The third-order valence-corrected chi connectivity index (χ3v) is 6.08. The normalized spacial score (nSPS) is 26.2. The highest BCUT2D eigenvalue weighted by Crippen LogP contribution is 2.48. The van der Waals surface area contributed by atoms with E-state index in [9.17, 15) is 19.1 Å². The largest absolute Gasteiger partial charge is 0.481 e. The van der Waals surface area contributed by atoms with Crippen LogP contribution in [-0.4, -0.2) is 22.0 Å². The Balaban J connectivity index is 1.55. The summed E-state index contributed by atoms with van der Waals surface area (Å²) in [5.74, 6) is -2.89. The molecule has 4 atom stereocenters. The van der Waals surface area contributed by atoms with Gasteiger partial charge < -0.3 is 10.4 Å². The summed E-state index contributed by atoms with van der Waals surface area (Å²) in [5.41, 5.74) is 1.46. The molecule has 0 spiro atoms. The van der Waals surface area contributed by atoms with Gasteiger partial charge in [0.25, 0.3) is 0 Å². The fourth-order valence-electron chi connectivity index (χ4n) is 4.03. The van der Waals surface area contributed by atoms with Gasteiger partial charge in [0, 0.05) is 10.4 Å². The number of fused-ring (bicyclic) bond motifs is 2. The number of amides is 1. The number of nitrogens with zero attached hydrogens (tertiary/aromatic N) is 1. The second-order valence-electron chi connectivity index (χ2n) is 6.76. The molecule has 1 heterocycles. The number of carbonyl (C=O) groups excluding carboxylic acids is 1. The van der Waals surface area contributed by atoms with Crippen LogP contribution in [-0.2, 0) is 9.59 Å². The zero-order valence-electron chi connectivity index (χ0n) is 14.0. The number of hydrogen-bond acceptors (Lipinski definition) is 4. The molecule has 0 radical (unpaired) electrons. The summed E-state index contributed by atoms with van der Waals surface area (Å²) < 4.78 is 13.1. The van der Waals surface area contributed by atoms with E-state index in [1.807, 2.05) is 19.1 Å². The highest BCUT2D eigenvalue weighted by molar-refractivity contribution is 7.16. The number of thiazole rings is 1. The van der Waals surface area contributed by atoms with Gasteiger partial charge in [-0.1, -0.05) is 12.2 Å². The maximum atomic E-state index is 13.1. The van der Waals surface area contributed by atoms with Crippen LogP contribution in [0, 0.1) is 36.4 Å². The van der Waals surface area contributed by atoms with Crippen molar-refractivity contribution in [2.24, 2.45) is 23.7 Å². The minimum Gasteiger partial charge on any atom is -0.481 e. The van der Waals surface area contributed by atoms with E-state index in [-0.39, 0.29) is 23.6 Å². The van der Waals surface area contributed by atoms with Gasteiger partial charge in [-0.15, -0.1) is 11.3 Å². The van der Waals surface area contributed by atoms with Crippen molar-refractivity contribution in [3.8, 4) is 11.3 Å². The van der Waals surface area contributed by atoms with Crippen molar-refractivity contribution < 1.29 is 19.1 Å². The molecule has 1 amide bonds. The summed E-state index contributed by atoms with van der Waals surface area (Å²) in [6.07, 6.45) is 4.57. The lowest BCUT2D eigenvalue weighted by Gasteiger charge is -2.23. The van der Waals surface area contributed by atoms with Crippen molar-refractivity contribution in [2.75, 3.05) is 5.32 Å². The number of halogens is 1. The van der Waals surface area contributed by atoms with Gasteiger partial charge in [0.1, 0.15) is 5.82 Å². The molecule has 2 aliphatic rings. The van der Waals surface area contributed by atoms with Crippen LogP contribution >= 0.6 is 11.3 Å². The predicted octanol–water partition coefficient (Wildman–Crippen LogP) is 3.72. The van der Waals surface area contributed by atoms with E-state index in [2.05, 4.69) is 10.3 Å². The van der Waals surface area contributed by atoms with Crippen LogP contribution in [0.4, 0.5) is 9.52 Å². The van der Waals surface area contributed by atoms with Crippen LogP contribution < -0.4 is 5.32 Å². The summed E-state index contributed by atoms with van der Waals surface area (Å²) in [6, 6.07) is 6.02. The molecule has 1 aromatic heterocycles. The first-order valence-electron chi connectivity index (χ1n) is 8.39. The minimum absolute atomic E-state index is 0.0290. The molecule has 1 aromatic carbocycles. The van der Waals surface area contributed by atoms with Gasteiger partial charge in [0.2, 0.25) is 5.91 Å². The number of aryl methyl sites for hydroxylation is 1. The van der Waals surface area contributed by atoms with E-state index in [0.717, 1.165) is 10.4 Å². The molecular formula is C19H17FN2O3S. The number of hydrogen-bond donors (Lipinski definition) is 2. The van der Waals surface area contributed by atoms with Crippen molar-refractivity contribution in [3.63, 3.8) is 0 Å². The number of rotatable bonds is 4. The molecule has 2 N–H and O–H groups in total. The Bertz CT molecular complexity index is 906. The molecule has 7 heteroatoms. The summed E-state index contributed by atoms with van der Waals surface area (Å²) in [4.78, 5) is 29.7. The van der Waals surface area contributed by atoms with Gasteiger partial charge in [-0.25, -0.2) is 9.37 Å². The maximum absolute atomic E-state index is 13.1. The molecule has 1 fully saturated rings. The lowest BCUT2D eigenvalue weighted by molar-refractivity contribution is -0.146. The van der Waals surface area contributed by atoms with E-state index >= 15 is 0 Å². The summed E-state index contributed by atoms with van der Waals surface area (Å²) in [6.45, 7) is 1.88. The molecule has 0 unspecified atom stereocenters. The molecule has 5 nitrogen and oxygen atoms in total. The van der Waals surface area contributed by atoms with Crippen molar-refractivity contribution in [1.29, 1.82) is 0 Å². The Hall–Kier alpha value is -2.54. The molecule has 0 saturated heterocycles. The number of benzene rings is 1. The smallest absolute Gasteiger partial charge is 0.307 e. The van der Waals surface area contributed by atoms with E-state index in [1.54, 1.807) is 12.1 Å². The predicted molar refractivity (Wildman–Crippen MR) is 96.2 cm³/mol. The second-order valence-corrected chi connectivity index (χ2v) is 7.96. The Morgan fingerprint density at radius 1 is 1.19 bits per heavy atom. The van der Waals surface area contributed by atoms with E-state index < -0.39 is 17.8 Å². The van der Waals surface area contributed by atoms with Crippen molar-refractivity contribution in [2.45, 2.75) is 13.3 Å². The average Bonchev–Trinajstić information content (AvgIpc) is 3.29. The van der Waals surface area contributed by atoms with E-state index in [1.165, 1.54) is 23.5 Å². The second kappa shape index (κ2) is 6.32. The lowest BCUT2D eigenvalue weighted by atomic mass is 9.82. The zero-order valence-corrected chi connectivity index (χ0v) is 14.8. The fourth-order valence-corrected chi connectivity index (χ4v) is 4.87. The number of aliphatic carboxylic acids is 1. The van der Waals surface area contributed by atoms with Gasteiger partial charge in [-0.2, -0.15) is 0 Å². The molecule has 4 rings (SSSR count). The number of carboxylic acids is 1. The zero-order chi connectivity index (χ0) is 18.4. The van der Waals surface area contributed by atoms with E-state index in [4.69, 9.17) is 0 Å². The van der Waals surface area contributed by atoms with Crippen molar-refractivity contribution in [1.82, 2.24) is 4.98 Å². The Morgan fingerprint density at radius 3 is 2.50 bits per heavy atom. The third-order valence-electron chi connectivity index (χ3n) is 5.19. The molecule has 1 saturated carbocycles. The Kier molecular flexibility index (Phi) is 4.11. The lowest BCUT2D eigenvalue weighted by Crippen LogP contribution is -2.36. The van der Waals surface area contributed by atoms with Crippen LogP contribution in [0.3, 0.4) is 0 Å². The first kappa shape index (κ1) is 16.9.